The fourth-order valence-corrected chi connectivity index (χ4v) is 3.44. The fourth-order valence-electron chi connectivity index (χ4n) is 1.94. The minimum absolute atomic E-state index is 0.254. The number of ketones is 1. The summed E-state index contributed by atoms with van der Waals surface area (Å²) in [4.78, 5) is 36.8. The number of rotatable bonds is 3. The Labute approximate surface area is 124 Å². The second kappa shape index (κ2) is 5.23. The number of likely N-dealkylation sites (tertiary alicyclic amines) is 1. The van der Waals surface area contributed by atoms with Crippen molar-refractivity contribution in [1.29, 1.82) is 0 Å². The Bertz CT molecular complexity index is 549. The molecule has 2 atom stereocenters. The topological polar surface area (TPSA) is 54.5 Å². The van der Waals surface area contributed by atoms with Crippen LogP contribution in [0, 0.1) is 11.8 Å². The maximum atomic E-state index is 12.1. The van der Waals surface area contributed by atoms with E-state index in [1.807, 2.05) is 0 Å². The first-order valence-corrected chi connectivity index (χ1v) is 7.23. The summed E-state index contributed by atoms with van der Waals surface area (Å²) in [6.45, 7) is 3.09. The minimum Gasteiger partial charge on any atom is -0.292 e. The van der Waals surface area contributed by atoms with Gasteiger partial charge < -0.3 is 0 Å². The van der Waals surface area contributed by atoms with E-state index in [1.54, 1.807) is 13.8 Å². The number of carbonyl (C=O) groups is 3. The smallest absolute Gasteiger partial charge is 0.233 e. The summed E-state index contributed by atoms with van der Waals surface area (Å²) < 4.78 is 0.671. The van der Waals surface area contributed by atoms with Gasteiger partial charge in [0.1, 0.15) is 4.34 Å². The summed E-state index contributed by atoms with van der Waals surface area (Å²) in [6, 6.07) is 1.45. The molecule has 1 aromatic rings. The Kier molecular flexibility index (Phi) is 3.99. The zero-order valence-corrected chi connectivity index (χ0v) is 12.6. The molecule has 19 heavy (non-hydrogen) atoms. The molecule has 102 valence electrons. The van der Waals surface area contributed by atoms with Gasteiger partial charge in [0.2, 0.25) is 11.8 Å². The number of carbonyl (C=O) groups excluding carboxylic acids is 3. The van der Waals surface area contributed by atoms with Crippen LogP contribution in [0.5, 0.6) is 0 Å². The van der Waals surface area contributed by atoms with E-state index in [1.165, 1.54) is 6.07 Å². The molecule has 2 heterocycles. The molecule has 0 saturated carbocycles. The van der Waals surface area contributed by atoms with E-state index < -0.39 is 0 Å². The van der Waals surface area contributed by atoms with Crippen LogP contribution in [-0.2, 0) is 9.59 Å². The molecule has 0 N–H and O–H groups in total. The molecular formula is C12H11Cl2NO3S. The summed E-state index contributed by atoms with van der Waals surface area (Å²) in [5.41, 5.74) is 0.254. The van der Waals surface area contributed by atoms with Crippen LogP contribution in [0.15, 0.2) is 6.07 Å². The SMILES string of the molecule is CC1C(=O)N(CC(=O)c2cc(Cl)sc2Cl)C(=O)C1C. The van der Waals surface area contributed by atoms with Gasteiger partial charge in [-0.1, -0.05) is 37.0 Å². The zero-order chi connectivity index (χ0) is 14.3. The number of imide groups is 1. The lowest BCUT2D eigenvalue weighted by Crippen LogP contribution is -2.35. The van der Waals surface area contributed by atoms with Crippen LogP contribution in [0.2, 0.25) is 8.67 Å². The molecule has 0 radical (unpaired) electrons. The molecule has 2 rings (SSSR count). The van der Waals surface area contributed by atoms with Crippen LogP contribution in [0.1, 0.15) is 24.2 Å². The van der Waals surface area contributed by atoms with Crippen LogP contribution >= 0.6 is 34.5 Å². The quantitative estimate of drug-likeness (QED) is 0.636. The van der Waals surface area contributed by atoms with Crippen LogP contribution in [0.4, 0.5) is 0 Å². The van der Waals surface area contributed by atoms with Crippen molar-refractivity contribution in [2.24, 2.45) is 11.8 Å². The number of nitrogens with zero attached hydrogens (tertiary/aromatic N) is 1. The molecule has 0 spiro atoms. The van der Waals surface area contributed by atoms with E-state index in [9.17, 15) is 14.4 Å². The van der Waals surface area contributed by atoms with Crippen LogP contribution in [0.25, 0.3) is 0 Å². The average molecular weight is 320 g/mol. The highest BCUT2D eigenvalue weighted by molar-refractivity contribution is 7.20. The molecule has 2 unspecified atom stereocenters. The van der Waals surface area contributed by atoms with E-state index in [0.29, 0.717) is 4.34 Å². The number of thiophene rings is 1. The zero-order valence-electron chi connectivity index (χ0n) is 10.3. The maximum absolute atomic E-state index is 12.1. The lowest BCUT2D eigenvalue weighted by molar-refractivity contribution is -0.139. The van der Waals surface area contributed by atoms with Gasteiger partial charge >= 0.3 is 0 Å². The molecule has 1 saturated heterocycles. The Morgan fingerprint density at radius 3 is 2.21 bits per heavy atom. The van der Waals surface area contributed by atoms with Gasteiger partial charge in [-0.15, -0.1) is 11.3 Å². The third-order valence-corrected chi connectivity index (χ3v) is 4.81. The Balaban J connectivity index is 2.18. The summed E-state index contributed by atoms with van der Waals surface area (Å²) in [5.74, 6) is -1.79. The van der Waals surface area contributed by atoms with Crippen LogP contribution in [0.3, 0.4) is 0 Å². The second-order valence-electron chi connectivity index (χ2n) is 4.50. The Morgan fingerprint density at radius 1 is 1.26 bits per heavy atom. The molecular weight excluding hydrogens is 309 g/mol. The molecule has 7 heteroatoms. The normalized spacial score (nSPS) is 23.3. The van der Waals surface area contributed by atoms with Crippen molar-refractivity contribution in [2.75, 3.05) is 6.54 Å². The molecule has 1 aliphatic rings. The van der Waals surface area contributed by atoms with E-state index in [2.05, 4.69) is 0 Å². The predicted molar refractivity (Wildman–Crippen MR) is 73.7 cm³/mol. The lowest BCUT2D eigenvalue weighted by atomic mass is 10.00. The molecule has 2 amide bonds. The highest BCUT2D eigenvalue weighted by atomic mass is 35.5. The first-order valence-electron chi connectivity index (χ1n) is 5.66. The number of Topliss-reactive ketones (excluding diaryl/α,β-unsaturated/α-hetero) is 1. The number of hydrogen-bond acceptors (Lipinski definition) is 4. The van der Waals surface area contributed by atoms with Crippen molar-refractivity contribution >= 4 is 52.1 Å². The number of halogens is 2. The largest absolute Gasteiger partial charge is 0.292 e. The first kappa shape index (κ1) is 14.5. The van der Waals surface area contributed by atoms with Crippen molar-refractivity contribution in [3.63, 3.8) is 0 Å². The predicted octanol–water partition coefficient (Wildman–Crippen LogP) is 2.88. The van der Waals surface area contributed by atoms with Gasteiger partial charge in [-0.05, 0) is 6.07 Å². The highest BCUT2D eigenvalue weighted by Crippen LogP contribution is 2.32. The monoisotopic (exact) mass is 319 g/mol. The fraction of sp³-hybridized carbons (Fsp3) is 0.417. The van der Waals surface area contributed by atoms with Gasteiger partial charge in [0.25, 0.3) is 0 Å². The molecule has 0 aliphatic carbocycles. The maximum Gasteiger partial charge on any atom is 0.233 e. The van der Waals surface area contributed by atoms with E-state index in [-0.39, 0.29) is 45.9 Å². The Hall–Kier alpha value is -0.910. The molecule has 4 nitrogen and oxygen atoms in total. The van der Waals surface area contributed by atoms with Gasteiger partial charge in [0.05, 0.1) is 16.4 Å². The lowest BCUT2D eigenvalue weighted by Gasteiger charge is -2.12. The third kappa shape index (κ3) is 2.55. The van der Waals surface area contributed by atoms with E-state index >= 15 is 0 Å². The van der Waals surface area contributed by atoms with Crippen LogP contribution < -0.4 is 0 Å². The van der Waals surface area contributed by atoms with Crippen molar-refractivity contribution in [2.45, 2.75) is 13.8 Å². The summed E-state index contributed by atoms with van der Waals surface area (Å²) in [7, 11) is 0. The summed E-state index contributed by atoms with van der Waals surface area (Å²) in [5, 5.41) is 0. The van der Waals surface area contributed by atoms with Crippen molar-refractivity contribution < 1.29 is 14.4 Å². The van der Waals surface area contributed by atoms with Gasteiger partial charge in [-0.2, -0.15) is 0 Å². The molecule has 1 aromatic heterocycles. The van der Waals surface area contributed by atoms with Gasteiger partial charge in [0.15, 0.2) is 5.78 Å². The van der Waals surface area contributed by atoms with Gasteiger partial charge in [-0.25, -0.2) is 0 Å². The van der Waals surface area contributed by atoms with Gasteiger partial charge in [0, 0.05) is 11.8 Å². The third-order valence-electron chi connectivity index (χ3n) is 3.32. The Morgan fingerprint density at radius 2 is 1.79 bits per heavy atom. The van der Waals surface area contributed by atoms with Crippen LogP contribution in [-0.4, -0.2) is 29.0 Å². The molecule has 0 aromatic carbocycles. The van der Waals surface area contributed by atoms with Gasteiger partial charge in [-0.3, -0.25) is 19.3 Å². The number of hydrogen-bond donors (Lipinski definition) is 0. The average Bonchev–Trinajstić information content (AvgIpc) is 2.78. The van der Waals surface area contributed by atoms with Crippen molar-refractivity contribution in [3.8, 4) is 0 Å². The standard InChI is InChI=1S/C12H11Cl2NO3S/c1-5-6(2)12(18)15(11(5)17)4-8(16)7-3-9(13)19-10(7)14/h3,5-6H,4H2,1-2H3. The van der Waals surface area contributed by atoms with E-state index in [4.69, 9.17) is 23.2 Å². The van der Waals surface area contributed by atoms with E-state index in [0.717, 1.165) is 16.2 Å². The van der Waals surface area contributed by atoms with Crippen molar-refractivity contribution in [3.05, 3.63) is 20.3 Å². The molecule has 1 aliphatic heterocycles. The second-order valence-corrected chi connectivity index (χ2v) is 6.79. The number of amides is 2. The first-order chi connectivity index (χ1) is 8.82. The van der Waals surface area contributed by atoms with Crippen molar-refractivity contribution in [1.82, 2.24) is 4.90 Å². The minimum atomic E-state index is -0.387. The molecule has 1 fully saturated rings. The summed E-state index contributed by atoms with van der Waals surface area (Å²) >= 11 is 12.7. The highest BCUT2D eigenvalue weighted by Gasteiger charge is 2.43. The summed E-state index contributed by atoms with van der Waals surface area (Å²) in [6.07, 6.45) is 0. The molecule has 0 bridgehead atoms.